The molecule has 0 aromatic carbocycles. The summed E-state index contributed by atoms with van der Waals surface area (Å²) in [6.07, 6.45) is 13.0. The molecular weight excluding hydrogens is 220 g/mol. The van der Waals surface area contributed by atoms with E-state index in [0.717, 1.165) is 12.0 Å². The Morgan fingerprint density at radius 2 is 1.72 bits per heavy atom. The standard InChI is InChI=1S/C16H32N2/c1-2-18(16-8-4-3-5-9-16)14-6-7-15-10-12-17-13-11-15/h15-17H,2-14H2,1H3. The van der Waals surface area contributed by atoms with Crippen LogP contribution in [0.1, 0.15) is 64.7 Å². The number of rotatable bonds is 6. The van der Waals surface area contributed by atoms with Crippen LogP contribution in [0.3, 0.4) is 0 Å². The van der Waals surface area contributed by atoms with Gasteiger partial charge in [0.2, 0.25) is 0 Å². The monoisotopic (exact) mass is 252 g/mol. The molecule has 1 N–H and O–H groups in total. The van der Waals surface area contributed by atoms with Crippen LogP contribution in [0.25, 0.3) is 0 Å². The van der Waals surface area contributed by atoms with Gasteiger partial charge >= 0.3 is 0 Å². The molecule has 0 aromatic heterocycles. The fraction of sp³-hybridized carbons (Fsp3) is 1.00. The summed E-state index contributed by atoms with van der Waals surface area (Å²) in [5.41, 5.74) is 0. The molecule has 0 spiro atoms. The Bertz CT molecular complexity index is 205. The van der Waals surface area contributed by atoms with Crippen molar-refractivity contribution in [3.8, 4) is 0 Å². The van der Waals surface area contributed by atoms with E-state index in [1.54, 1.807) is 0 Å². The summed E-state index contributed by atoms with van der Waals surface area (Å²) in [6.45, 7) is 7.47. The smallest absolute Gasteiger partial charge is 0.00951 e. The molecule has 0 amide bonds. The molecule has 18 heavy (non-hydrogen) atoms. The molecule has 0 unspecified atom stereocenters. The number of hydrogen-bond donors (Lipinski definition) is 1. The number of hydrogen-bond acceptors (Lipinski definition) is 2. The Labute approximate surface area is 114 Å². The second-order valence-corrected chi connectivity index (χ2v) is 6.26. The van der Waals surface area contributed by atoms with E-state index in [2.05, 4.69) is 17.1 Å². The average Bonchev–Trinajstić information content (AvgIpc) is 2.46. The van der Waals surface area contributed by atoms with Crippen molar-refractivity contribution in [1.82, 2.24) is 10.2 Å². The predicted molar refractivity (Wildman–Crippen MR) is 78.9 cm³/mol. The molecule has 1 saturated carbocycles. The highest BCUT2D eigenvalue weighted by Crippen LogP contribution is 2.24. The Morgan fingerprint density at radius 3 is 2.39 bits per heavy atom. The first kappa shape index (κ1) is 14.3. The van der Waals surface area contributed by atoms with Crippen LogP contribution in [0.5, 0.6) is 0 Å². The predicted octanol–water partition coefficient (Wildman–Crippen LogP) is 3.42. The third kappa shape index (κ3) is 4.55. The summed E-state index contributed by atoms with van der Waals surface area (Å²) < 4.78 is 0. The zero-order valence-electron chi connectivity index (χ0n) is 12.3. The van der Waals surface area contributed by atoms with E-state index in [0.29, 0.717) is 0 Å². The van der Waals surface area contributed by atoms with Crippen molar-refractivity contribution in [3.63, 3.8) is 0 Å². The summed E-state index contributed by atoms with van der Waals surface area (Å²) in [5, 5.41) is 3.47. The van der Waals surface area contributed by atoms with Crippen molar-refractivity contribution in [3.05, 3.63) is 0 Å². The van der Waals surface area contributed by atoms with Gasteiger partial charge in [0.25, 0.3) is 0 Å². The van der Waals surface area contributed by atoms with Crippen molar-refractivity contribution in [2.24, 2.45) is 5.92 Å². The number of piperidine rings is 1. The molecule has 106 valence electrons. The van der Waals surface area contributed by atoms with Gasteiger partial charge in [-0.2, -0.15) is 0 Å². The van der Waals surface area contributed by atoms with E-state index < -0.39 is 0 Å². The second kappa shape index (κ2) is 8.16. The van der Waals surface area contributed by atoms with Crippen molar-refractivity contribution in [2.75, 3.05) is 26.2 Å². The van der Waals surface area contributed by atoms with Gasteiger partial charge in [-0.3, -0.25) is 0 Å². The van der Waals surface area contributed by atoms with E-state index >= 15 is 0 Å². The van der Waals surface area contributed by atoms with Crippen LogP contribution in [0.2, 0.25) is 0 Å². The summed E-state index contributed by atoms with van der Waals surface area (Å²) >= 11 is 0. The van der Waals surface area contributed by atoms with E-state index in [1.807, 2.05) is 0 Å². The normalized spacial score (nSPS) is 23.7. The average molecular weight is 252 g/mol. The lowest BCUT2D eigenvalue weighted by Gasteiger charge is -2.34. The maximum absolute atomic E-state index is 3.47. The summed E-state index contributed by atoms with van der Waals surface area (Å²) in [6, 6.07) is 0.914. The third-order valence-corrected chi connectivity index (χ3v) is 5.01. The lowest BCUT2D eigenvalue weighted by atomic mass is 9.92. The Hall–Kier alpha value is -0.0800. The molecule has 1 aliphatic heterocycles. The topological polar surface area (TPSA) is 15.3 Å². The molecule has 2 aliphatic rings. The van der Waals surface area contributed by atoms with Gasteiger partial charge in [0.05, 0.1) is 0 Å². The highest BCUT2D eigenvalue weighted by Gasteiger charge is 2.20. The van der Waals surface area contributed by atoms with Crippen LogP contribution in [0, 0.1) is 5.92 Å². The van der Waals surface area contributed by atoms with Crippen molar-refractivity contribution < 1.29 is 0 Å². The van der Waals surface area contributed by atoms with Gasteiger partial charge in [-0.1, -0.05) is 26.2 Å². The van der Waals surface area contributed by atoms with Crippen LogP contribution < -0.4 is 5.32 Å². The molecular formula is C16H32N2. The van der Waals surface area contributed by atoms with Crippen LogP contribution in [0.15, 0.2) is 0 Å². The minimum Gasteiger partial charge on any atom is -0.317 e. The van der Waals surface area contributed by atoms with Crippen molar-refractivity contribution >= 4 is 0 Å². The highest BCUT2D eigenvalue weighted by molar-refractivity contribution is 4.76. The molecule has 0 atom stereocenters. The maximum atomic E-state index is 3.47. The molecule has 2 fully saturated rings. The molecule has 0 bridgehead atoms. The van der Waals surface area contributed by atoms with Gasteiger partial charge in [0, 0.05) is 6.04 Å². The zero-order valence-corrected chi connectivity index (χ0v) is 12.3. The summed E-state index contributed by atoms with van der Waals surface area (Å²) in [7, 11) is 0. The molecule has 0 aromatic rings. The van der Waals surface area contributed by atoms with Crippen LogP contribution in [-0.2, 0) is 0 Å². The highest BCUT2D eigenvalue weighted by atomic mass is 15.1. The molecule has 1 aliphatic carbocycles. The molecule has 0 radical (unpaired) electrons. The quantitative estimate of drug-likeness (QED) is 0.779. The molecule has 2 rings (SSSR count). The SMILES string of the molecule is CCN(CCCC1CCNCC1)C1CCCCC1. The largest absolute Gasteiger partial charge is 0.317 e. The van der Waals surface area contributed by atoms with E-state index in [4.69, 9.17) is 0 Å². The fourth-order valence-electron chi connectivity index (χ4n) is 3.80. The second-order valence-electron chi connectivity index (χ2n) is 6.26. The Morgan fingerprint density at radius 1 is 1.00 bits per heavy atom. The van der Waals surface area contributed by atoms with E-state index in [1.165, 1.54) is 84.0 Å². The Balaban J connectivity index is 1.63. The minimum absolute atomic E-state index is 0.914. The zero-order chi connectivity index (χ0) is 12.6. The summed E-state index contributed by atoms with van der Waals surface area (Å²) in [4.78, 5) is 2.76. The minimum atomic E-state index is 0.914. The van der Waals surface area contributed by atoms with Gasteiger partial charge in [0.1, 0.15) is 0 Å². The van der Waals surface area contributed by atoms with E-state index in [9.17, 15) is 0 Å². The van der Waals surface area contributed by atoms with Gasteiger partial charge in [-0.15, -0.1) is 0 Å². The van der Waals surface area contributed by atoms with Crippen molar-refractivity contribution in [2.45, 2.75) is 70.8 Å². The first-order valence-electron chi connectivity index (χ1n) is 8.35. The summed E-state index contributed by atoms with van der Waals surface area (Å²) in [5.74, 6) is 1.01. The molecule has 2 heteroatoms. The maximum Gasteiger partial charge on any atom is 0.00951 e. The third-order valence-electron chi connectivity index (χ3n) is 5.01. The van der Waals surface area contributed by atoms with Crippen LogP contribution in [0.4, 0.5) is 0 Å². The Kier molecular flexibility index (Phi) is 6.50. The van der Waals surface area contributed by atoms with Gasteiger partial charge < -0.3 is 10.2 Å². The molecule has 2 nitrogen and oxygen atoms in total. The van der Waals surface area contributed by atoms with Gasteiger partial charge in [-0.05, 0) is 70.6 Å². The van der Waals surface area contributed by atoms with Crippen LogP contribution >= 0.6 is 0 Å². The number of nitrogens with one attached hydrogen (secondary N) is 1. The number of nitrogens with zero attached hydrogens (tertiary/aromatic N) is 1. The molecule has 1 saturated heterocycles. The van der Waals surface area contributed by atoms with Gasteiger partial charge in [-0.25, -0.2) is 0 Å². The van der Waals surface area contributed by atoms with E-state index in [-0.39, 0.29) is 0 Å². The first-order chi connectivity index (χ1) is 8.90. The lowest BCUT2D eigenvalue weighted by molar-refractivity contribution is 0.156. The van der Waals surface area contributed by atoms with Crippen molar-refractivity contribution in [1.29, 1.82) is 0 Å². The van der Waals surface area contributed by atoms with Gasteiger partial charge in [0.15, 0.2) is 0 Å². The molecule has 1 heterocycles. The lowest BCUT2D eigenvalue weighted by Crippen LogP contribution is -2.37. The first-order valence-corrected chi connectivity index (χ1v) is 8.35. The fourth-order valence-corrected chi connectivity index (χ4v) is 3.80. The van der Waals surface area contributed by atoms with Crippen LogP contribution in [-0.4, -0.2) is 37.1 Å².